The fourth-order valence-electron chi connectivity index (χ4n) is 5.47. The van der Waals surface area contributed by atoms with Gasteiger partial charge in [0.05, 0.1) is 13.2 Å². The molecule has 2 atom stereocenters. The highest BCUT2D eigenvalue weighted by atomic mass is 16.5. The monoisotopic (exact) mass is 506 g/mol. The molecule has 1 fully saturated rings. The summed E-state index contributed by atoms with van der Waals surface area (Å²) in [6, 6.07) is 15.8. The molecule has 4 heteroatoms. The van der Waals surface area contributed by atoms with Crippen molar-refractivity contribution in [3.05, 3.63) is 64.7 Å². The standard InChI is InChI=1S/C33H50N2O2/c1-6-9-18-34(19-10-7-2)33(36)25-35-24-30(23-31(35)22-28-15-13-12-14-26(28)4)29-16-17-32(27(5)21-29)37-20-11-8-3/h12-17,21,30-31H,6-11,18-20,22-25H2,1-5H3. The number of benzene rings is 2. The van der Waals surface area contributed by atoms with Crippen molar-refractivity contribution in [2.45, 2.75) is 97.9 Å². The van der Waals surface area contributed by atoms with E-state index in [0.29, 0.717) is 24.4 Å². The van der Waals surface area contributed by atoms with Gasteiger partial charge in [-0.05, 0) is 80.2 Å². The molecule has 0 radical (unpaired) electrons. The van der Waals surface area contributed by atoms with Gasteiger partial charge < -0.3 is 9.64 Å². The summed E-state index contributed by atoms with van der Waals surface area (Å²) in [5.74, 6) is 1.74. The minimum Gasteiger partial charge on any atom is -0.493 e. The molecule has 1 aliphatic rings. The average Bonchev–Trinajstić information content (AvgIpc) is 3.28. The van der Waals surface area contributed by atoms with Gasteiger partial charge >= 0.3 is 0 Å². The Bertz CT molecular complexity index is 965. The highest BCUT2D eigenvalue weighted by Gasteiger charge is 2.35. The van der Waals surface area contributed by atoms with E-state index in [1.54, 1.807) is 0 Å². The highest BCUT2D eigenvalue weighted by molar-refractivity contribution is 5.78. The Hall–Kier alpha value is -2.33. The summed E-state index contributed by atoms with van der Waals surface area (Å²) in [6.45, 7) is 15.0. The van der Waals surface area contributed by atoms with Crippen LogP contribution in [0.15, 0.2) is 42.5 Å². The molecule has 2 aromatic rings. The van der Waals surface area contributed by atoms with E-state index >= 15 is 0 Å². The van der Waals surface area contributed by atoms with Crippen molar-refractivity contribution in [2.75, 3.05) is 32.8 Å². The molecule has 0 N–H and O–H groups in total. The van der Waals surface area contributed by atoms with Crippen LogP contribution in [-0.2, 0) is 11.2 Å². The van der Waals surface area contributed by atoms with E-state index in [2.05, 4.69) is 86.9 Å². The van der Waals surface area contributed by atoms with Crippen LogP contribution in [0.25, 0.3) is 0 Å². The summed E-state index contributed by atoms with van der Waals surface area (Å²) in [6.07, 6.45) is 8.71. The maximum Gasteiger partial charge on any atom is 0.236 e. The van der Waals surface area contributed by atoms with Gasteiger partial charge in [-0.25, -0.2) is 0 Å². The molecule has 0 saturated carbocycles. The fourth-order valence-corrected chi connectivity index (χ4v) is 5.47. The number of hydrogen-bond acceptors (Lipinski definition) is 3. The lowest BCUT2D eigenvalue weighted by Crippen LogP contribution is -2.43. The van der Waals surface area contributed by atoms with Crippen LogP contribution in [0, 0.1) is 13.8 Å². The van der Waals surface area contributed by atoms with E-state index in [1.807, 2.05) is 0 Å². The second-order valence-corrected chi connectivity index (χ2v) is 11.0. The number of likely N-dealkylation sites (tertiary alicyclic amines) is 1. The molecule has 2 aromatic carbocycles. The average molecular weight is 507 g/mol. The number of carbonyl (C=O) groups is 1. The molecule has 1 amide bonds. The van der Waals surface area contributed by atoms with Crippen molar-refractivity contribution in [2.24, 2.45) is 0 Å². The zero-order valence-corrected chi connectivity index (χ0v) is 24.1. The maximum absolute atomic E-state index is 13.5. The van der Waals surface area contributed by atoms with Crippen LogP contribution in [-0.4, -0.2) is 54.5 Å². The van der Waals surface area contributed by atoms with E-state index in [1.165, 1.54) is 22.3 Å². The summed E-state index contributed by atoms with van der Waals surface area (Å²) in [5.41, 5.74) is 5.33. The third kappa shape index (κ3) is 8.60. The topological polar surface area (TPSA) is 32.8 Å². The van der Waals surface area contributed by atoms with Crippen LogP contribution < -0.4 is 4.74 Å². The van der Waals surface area contributed by atoms with Gasteiger partial charge in [-0.1, -0.05) is 76.4 Å². The van der Waals surface area contributed by atoms with E-state index in [9.17, 15) is 4.79 Å². The minimum absolute atomic E-state index is 0.299. The third-order valence-electron chi connectivity index (χ3n) is 7.92. The van der Waals surface area contributed by atoms with Gasteiger partial charge in [0.1, 0.15) is 5.75 Å². The number of rotatable bonds is 15. The molecular weight excluding hydrogens is 456 g/mol. The van der Waals surface area contributed by atoms with Gasteiger partial charge in [0.25, 0.3) is 0 Å². The first-order chi connectivity index (χ1) is 18.0. The van der Waals surface area contributed by atoms with Gasteiger partial charge in [0, 0.05) is 25.7 Å². The van der Waals surface area contributed by atoms with Crippen molar-refractivity contribution in [1.82, 2.24) is 9.80 Å². The van der Waals surface area contributed by atoms with Gasteiger partial charge in [0.2, 0.25) is 5.91 Å². The summed E-state index contributed by atoms with van der Waals surface area (Å²) >= 11 is 0. The predicted molar refractivity (Wildman–Crippen MR) is 156 cm³/mol. The second kappa shape index (κ2) is 15.2. The summed E-state index contributed by atoms with van der Waals surface area (Å²) < 4.78 is 6.01. The zero-order chi connectivity index (χ0) is 26.6. The molecule has 0 spiro atoms. The number of hydrogen-bond donors (Lipinski definition) is 0. The quantitative estimate of drug-likeness (QED) is 0.237. The summed E-state index contributed by atoms with van der Waals surface area (Å²) in [4.78, 5) is 18.1. The molecule has 2 unspecified atom stereocenters. The molecule has 1 heterocycles. The Kier molecular flexibility index (Phi) is 12.0. The molecule has 1 saturated heterocycles. The largest absolute Gasteiger partial charge is 0.493 e. The first-order valence-electron chi connectivity index (χ1n) is 14.8. The third-order valence-corrected chi connectivity index (χ3v) is 7.92. The minimum atomic E-state index is 0.299. The Morgan fingerprint density at radius 3 is 2.30 bits per heavy atom. The molecule has 37 heavy (non-hydrogen) atoms. The number of nitrogens with zero attached hydrogens (tertiary/aromatic N) is 2. The van der Waals surface area contributed by atoms with Crippen LogP contribution in [0.2, 0.25) is 0 Å². The van der Waals surface area contributed by atoms with Crippen LogP contribution in [0.4, 0.5) is 0 Å². The van der Waals surface area contributed by atoms with Gasteiger partial charge in [-0.15, -0.1) is 0 Å². The van der Waals surface area contributed by atoms with E-state index in [0.717, 1.165) is 83.4 Å². The van der Waals surface area contributed by atoms with Crippen LogP contribution in [0.5, 0.6) is 5.75 Å². The lowest BCUT2D eigenvalue weighted by molar-refractivity contribution is -0.132. The lowest BCUT2D eigenvalue weighted by Gasteiger charge is -2.29. The first-order valence-corrected chi connectivity index (χ1v) is 14.8. The normalized spacial score (nSPS) is 17.8. The van der Waals surface area contributed by atoms with Crippen molar-refractivity contribution in [1.29, 1.82) is 0 Å². The Balaban J connectivity index is 1.77. The number of amides is 1. The Labute approximate surface area is 226 Å². The lowest BCUT2D eigenvalue weighted by atomic mass is 9.92. The van der Waals surface area contributed by atoms with E-state index in [4.69, 9.17) is 4.74 Å². The molecule has 204 valence electrons. The molecule has 0 bridgehead atoms. The number of unbranched alkanes of at least 4 members (excludes halogenated alkanes) is 3. The highest BCUT2D eigenvalue weighted by Crippen LogP contribution is 2.35. The number of carbonyl (C=O) groups excluding carboxylic acids is 1. The molecular formula is C33H50N2O2. The van der Waals surface area contributed by atoms with E-state index < -0.39 is 0 Å². The summed E-state index contributed by atoms with van der Waals surface area (Å²) in [7, 11) is 0. The number of aryl methyl sites for hydroxylation is 2. The molecule has 1 aliphatic heterocycles. The Morgan fingerprint density at radius 1 is 0.946 bits per heavy atom. The van der Waals surface area contributed by atoms with Crippen molar-refractivity contribution < 1.29 is 9.53 Å². The molecule has 3 rings (SSSR count). The van der Waals surface area contributed by atoms with Crippen LogP contribution in [0.3, 0.4) is 0 Å². The van der Waals surface area contributed by atoms with Crippen molar-refractivity contribution >= 4 is 5.91 Å². The Morgan fingerprint density at radius 2 is 1.65 bits per heavy atom. The van der Waals surface area contributed by atoms with Crippen molar-refractivity contribution in [3.63, 3.8) is 0 Å². The molecule has 4 nitrogen and oxygen atoms in total. The molecule has 0 aromatic heterocycles. The number of ether oxygens (including phenoxy) is 1. The maximum atomic E-state index is 13.5. The van der Waals surface area contributed by atoms with Crippen LogP contribution in [0.1, 0.15) is 93.9 Å². The first kappa shape index (κ1) is 29.2. The van der Waals surface area contributed by atoms with Crippen LogP contribution >= 0.6 is 0 Å². The van der Waals surface area contributed by atoms with Gasteiger partial charge in [0.15, 0.2) is 0 Å². The zero-order valence-electron chi connectivity index (χ0n) is 24.1. The molecule has 0 aliphatic carbocycles. The summed E-state index contributed by atoms with van der Waals surface area (Å²) in [5, 5.41) is 0. The van der Waals surface area contributed by atoms with Crippen molar-refractivity contribution in [3.8, 4) is 5.75 Å². The SMILES string of the molecule is CCCCOc1ccc(C2CC(Cc3ccccc3C)N(CC(=O)N(CCCC)CCCC)C2)cc1C. The van der Waals surface area contributed by atoms with Gasteiger partial charge in [-0.3, -0.25) is 9.69 Å². The van der Waals surface area contributed by atoms with E-state index in [-0.39, 0.29) is 0 Å². The fraction of sp³-hybridized carbons (Fsp3) is 0.606. The second-order valence-electron chi connectivity index (χ2n) is 11.0. The van der Waals surface area contributed by atoms with Gasteiger partial charge in [-0.2, -0.15) is 0 Å². The predicted octanol–water partition coefficient (Wildman–Crippen LogP) is 7.31. The smallest absolute Gasteiger partial charge is 0.236 e.